The largest absolute Gasteiger partial charge is 0.493 e. The normalized spacial score (nSPS) is 14.2. The van der Waals surface area contributed by atoms with E-state index in [9.17, 15) is 14.7 Å². The molecule has 1 saturated heterocycles. The Morgan fingerprint density at radius 3 is 2.39 bits per heavy atom. The first kappa shape index (κ1) is 25.3. The van der Waals surface area contributed by atoms with Crippen LogP contribution in [-0.4, -0.2) is 36.7 Å². The van der Waals surface area contributed by atoms with Crippen molar-refractivity contribution < 1.29 is 19.4 Å². The van der Waals surface area contributed by atoms with Gasteiger partial charge in [0.25, 0.3) is 0 Å². The maximum absolute atomic E-state index is 13.3. The number of carbonyl (C=O) groups is 2. The number of carboxylic acid groups (broad SMARTS) is 1. The van der Waals surface area contributed by atoms with E-state index in [0.717, 1.165) is 24.2 Å². The molecular weight excluding hydrogens is 452 g/mol. The van der Waals surface area contributed by atoms with Gasteiger partial charge in [0.2, 0.25) is 5.91 Å². The number of carbonyl (C=O) groups excluding carboxylic acids is 1. The summed E-state index contributed by atoms with van der Waals surface area (Å²) in [6, 6.07) is 23.2. The first-order valence-corrected chi connectivity index (χ1v) is 12.7. The lowest BCUT2D eigenvalue weighted by Crippen LogP contribution is -2.35. The van der Waals surface area contributed by atoms with Crippen LogP contribution in [-0.2, 0) is 17.6 Å². The summed E-state index contributed by atoms with van der Waals surface area (Å²) in [5.41, 5.74) is 4.26. The van der Waals surface area contributed by atoms with Gasteiger partial charge in [0.05, 0.1) is 19.1 Å². The molecule has 1 fully saturated rings. The third-order valence-electron chi connectivity index (χ3n) is 6.57. The molecule has 1 amide bonds. The van der Waals surface area contributed by atoms with Gasteiger partial charge in [0.15, 0.2) is 0 Å². The van der Waals surface area contributed by atoms with Crippen molar-refractivity contribution >= 4 is 17.6 Å². The number of piperidine rings is 1. The average Bonchev–Trinajstić information content (AvgIpc) is 2.89. The minimum absolute atomic E-state index is 0.0958. The Morgan fingerprint density at radius 2 is 1.67 bits per heavy atom. The molecule has 1 heterocycles. The lowest BCUT2D eigenvalue weighted by Gasteiger charge is -2.33. The minimum Gasteiger partial charge on any atom is -0.493 e. The maximum atomic E-state index is 13.3. The third kappa shape index (κ3) is 6.45. The van der Waals surface area contributed by atoms with Crippen LogP contribution in [0.5, 0.6) is 5.75 Å². The summed E-state index contributed by atoms with van der Waals surface area (Å²) in [5, 5.41) is 12.7. The van der Waals surface area contributed by atoms with Crippen molar-refractivity contribution in [1.82, 2.24) is 5.32 Å². The molecule has 0 unspecified atom stereocenters. The number of rotatable bonds is 10. The van der Waals surface area contributed by atoms with Crippen molar-refractivity contribution in [3.8, 4) is 5.75 Å². The fourth-order valence-electron chi connectivity index (χ4n) is 4.85. The standard InChI is InChI=1S/C30H34N2O4/c1-2-36-28-20-23(15-16-25(28)30(34)35)21-29(33)31-26(19-22-11-5-3-6-12-22)24-13-7-8-14-27(24)32-17-9-4-10-18-32/h3,5-8,11-16,20,26H,2,4,9-10,17-19,21H2,1H3,(H,31,33)(H,34,35)/t26-/m0/s1. The molecule has 36 heavy (non-hydrogen) atoms. The Labute approximate surface area is 212 Å². The molecule has 0 aromatic heterocycles. The number of hydrogen-bond donors (Lipinski definition) is 2. The highest BCUT2D eigenvalue weighted by molar-refractivity contribution is 5.91. The molecule has 6 heteroatoms. The summed E-state index contributed by atoms with van der Waals surface area (Å²) in [6.45, 7) is 4.21. The molecule has 0 radical (unpaired) electrons. The Bertz CT molecular complexity index is 1170. The van der Waals surface area contributed by atoms with Crippen LogP contribution in [0, 0.1) is 0 Å². The van der Waals surface area contributed by atoms with Crippen molar-refractivity contribution in [2.45, 2.75) is 45.1 Å². The van der Waals surface area contributed by atoms with Crippen LogP contribution in [0.2, 0.25) is 0 Å². The molecule has 3 aromatic rings. The fourth-order valence-corrected chi connectivity index (χ4v) is 4.85. The summed E-state index contributed by atoms with van der Waals surface area (Å²) in [4.78, 5) is 27.2. The number of para-hydroxylation sites is 1. The molecule has 0 spiro atoms. The lowest BCUT2D eigenvalue weighted by atomic mass is 9.95. The summed E-state index contributed by atoms with van der Waals surface area (Å²) in [5.74, 6) is -0.881. The Morgan fingerprint density at radius 1 is 0.944 bits per heavy atom. The van der Waals surface area contributed by atoms with Gasteiger partial charge in [-0.25, -0.2) is 4.79 Å². The second-order valence-corrected chi connectivity index (χ2v) is 9.16. The highest BCUT2D eigenvalue weighted by Gasteiger charge is 2.22. The average molecular weight is 487 g/mol. The Hall–Kier alpha value is -3.80. The summed E-state index contributed by atoms with van der Waals surface area (Å²) in [7, 11) is 0. The van der Waals surface area contributed by atoms with Crippen LogP contribution in [0.25, 0.3) is 0 Å². The molecule has 1 atom stereocenters. The summed E-state index contributed by atoms with van der Waals surface area (Å²) < 4.78 is 5.51. The third-order valence-corrected chi connectivity index (χ3v) is 6.57. The van der Waals surface area contributed by atoms with E-state index in [0.29, 0.717) is 18.6 Å². The quantitative estimate of drug-likeness (QED) is 0.400. The molecule has 188 valence electrons. The number of benzene rings is 3. The first-order chi connectivity index (χ1) is 17.5. The van der Waals surface area contributed by atoms with Crippen LogP contribution in [0.3, 0.4) is 0 Å². The topological polar surface area (TPSA) is 78.9 Å². The van der Waals surface area contributed by atoms with E-state index < -0.39 is 5.97 Å². The first-order valence-electron chi connectivity index (χ1n) is 12.7. The fraction of sp³-hybridized carbons (Fsp3) is 0.333. The number of aromatic carboxylic acids is 1. The molecular formula is C30H34N2O4. The Kier molecular flexibility index (Phi) is 8.61. The van der Waals surface area contributed by atoms with E-state index in [4.69, 9.17) is 4.74 Å². The number of ether oxygens (including phenoxy) is 1. The molecule has 3 aromatic carbocycles. The molecule has 0 bridgehead atoms. The van der Waals surface area contributed by atoms with E-state index >= 15 is 0 Å². The molecule has 4 rings (SSSR count). The van der Waals surface area contributed by atoms with Gasteiger partial charge in [0.1, 0.15) is 11.3 Å². The van der Waals surface area contributed by atoms with Crippen molar-refractivity contribution in [3.63, 3.8) is 0 Å². The van der Waals surface area contributed by atoms with Crippen LogP contribution >= 0.6 is 0 Å². The predicted molar refractivity (Wildman–Crippen MR) is 142 cm³/mol. The van der Waals surface area contributed by atoms with Crippen molar-refractivity contribution in [1.29, 1.82) is 0 Å². The Balaban J connectivity index is 1.58. The summed E-state index contributed by atoms with van der Waals surface area (Å²) >= 11 is 0. The zero-order valence-corrected chi connectivity index (χ0v) is 20.8. The van der Waals surface area contributed by atoms with Crippen LogP contribution in [0.1, 0.15) is 59.3 Å². The number of anilines is 1. The zero-order chi connectivity index (χ0) is 25.3. The van der Waals surface area contributed by atoms with Crippen LogP contribution in [0.4, 0.5) is 5.69 Å². The van der Waals surface area contributed by atoms with Gasteiger partial charge < -0.3 is 20.1 Å². The molecule has 1 aliphatic heterocycles. The maximum Gasteiger partial charge on any atom is 0.339 e. The number of amides is 1. The molecule has 0 aliphatic carbocycles. The second kappa shape index (κ2) is 12.2. The van der Waals surface area contributed by atoms with Gasteiger partial charge >= 0.3 is 5.97 Å². The van der Waals surface area contributed by atoms with Crippen LogP contribution in [0.15, 0.2) is 72.8 Å². The predicted octanol–water partition coefficient (Wildman–Crippen LogP) is 5.42. The monoisotopic (exact) mass is 486 g/mol. The second-order valence-electron chi connectivity index (χ2n) is 9.16. The lowest BCUT2D eigenvalue weighted by molar-refractivity contribution is -0.121. The van der Waals surface area contributed by atoms with Crippen LogP contribution < -0.4 is 15.0 Å². The van der Waals surface area contributed by atoms with Gasteiger partial charge in [-0.2, -0.15) is 0 Å². The molecule has 6 nitrogen and oxygen atoms in total. The van der Waals surface area contributed by atoms with Crippen molar-refractivity contribution in [3.05, 3.63) is 95.1 Å². The van der Waals surface area contributed by atoms with Crippen molar-refractivity contribution in [2.24, 2.45) is 0 Å². The van der Waals surface area contributed by atoms with Gasteiger partial charge in [-0.15, -0.1) is 0 Å². The van der Waals surface area contributed by atoms with Gasteiger partial charge in [0, 0.05) is 18.8 Å². The molecule has 2 N–H and O–H groups in total. The number of hydrogen-bond acceptors (Lipinski definition) is 4. The van der Waals surface area contributed by atoms with E-state index in [-0.39, 0.29) is 29.7 Å². The number of nitrogens with one attached hydrogen (secondary N) is 1. The number of nitrogens with zero attached hydrogens (tertiary/aromatic N) is 1. The summed E-state index contributed by atoms with van der Waals surface area (Å²) in [6.07, 6.45) is 4.43. The van der Waals surface area contributed by atoms with Gasteiger partial charge in [-0.05, 0) is 67.5 Å². The van der Waals surface area contributed by atoms with E-state index in [1.165, 1.54) is 31.0 Å². The minimum atomic E-state index is -1.05. The van der Waals surface area contributed by atoms with E-state index in [1.807, 2.05) is 24.3 Å². The number of carboxylic acids is 1. The molecule has 1 aliphatic rings. The van der Waals surface area contributed by atoms with Gasteiger partial charge in [-0.1, -0.05) is 54.6 Å². The van der Waals surface area contributed by atoms with E-state index in [1.54, 1.807) is 19.1 Å². The zero-order valence-electron chi connectivity index (χ0n) is 20.8. The van der Waals surface area contributed by atoms with Gasteiger partial charge in [-0.3, -0.25) is 4.79 Å². The SMILES string of the molecule is CCOc1cc(CC(=O)N[C@@H](Cc2ccccc2)c2ccccc2N2CCCCC2)ccc1C(=O)O. The van der Waals surface area contributed by atoms with Crippen molar-refractivity contribution in [2.75, 3.05) is 24.6 Å². The molecule has 0 saturated carbocycles. The highest BCUT2D eigenvalue weighted by atomic mass is 16.5. The smallest absolute Gasteiger partial charge is 0.339 e. The highest BCUT2D eigenvalue weighted by Crippen LogP contribution is 2.31. The van der Waals surface area contributed by atoms with E-state index in [2.05, 4.69) is 40.5 Å².